The van der Waals surface area contributed by atoms with E-state index in [1.54, 1.807) is 13.1 Å². The van der Waals surface area contributed by atoms with E-state index in [-0.39, 0.29) is 29.8 Å². The van der Waals surface area contributed by atoms with Gasteiger partial charge in [-0.3, -0.25) is 4.99 Å². The molecule has 3 rings (SSSR count). The standard InChI is InChI=1S/C17H22FN5O.HI/c1-13-11-14(24-21-13)12-20-17(19-2)23-9-7-22(8-10-23)16-6-4-3-5-15(16)18;/h3-6,11H,7-10,12H2,1-2H3,(H,19,20);1H. The Hall–Kier alpha value is -1.84. The van der Waals surface area contributed by atoms with Crippen LogP contribution in [-0.2, 0) is 6.54 Å². The fraction of sp³-hybridized carbons (Fsp3) is 0.412. The van der Waals surface area contributed by atoms with Crippen LogP contribution in [0.2, 0.25) is 0 Å². The summed E-state index contributed by atoms with van der Waals surface area (Å²) in [6.45, 7) is 5.50. The second kappa shape index (κ2) is 9.02. The maximum Gasteiger partial charge on any atom is 0.194 e. The Kier molecular flexibility index (Phi) is 7.03. The minimum atomic E-state index is -0.172. The van der Waals surface area contributed by atoms with Crippen LogP contribution in [0.15, 0.2) is 39.8 Å². The maximum atomic E-state index is 13.9. The van der Waals surface area contributed by atoms with E-state index in [1.807, 2.05) is 25.1 Å². The molecule has 1 fully saturated rings. The van der Waals surface area contributed by atoms with E-state index in [0.29, 0.717) is 12.2 Å². The molecule has 2 heterocycles. The average molecular weight is 459 g/mol. The van der Waals surface area contributed by atoms with Crippen molar-refractivity contribution in [2.45, 2.75) is 13.5 Å². The minimum absolute atomic E-state index is 0. The SMILES string of the molecule is CN=C(NCc1cc(C)no1)N1CCN(c2ccccc2F)CC1.I. The van der Waals surface area contributed by atoms with Crippen LogP contribution >= 0.6 is 24.0 Å². The Morgan fingerprint density at radius 2 is 2.00 bits per heavy atom. The highest BCUT2D eigenvalue weighted by Crippen LogP contribution is 2.20. The van der Waals surface area contributed by atoms with Crippen LogP contribution in [0.25, 0.3) is 0 Å². The fourth-order valence-corrected chi connectivity index (χ4v) is 2.87. The summed E-state index contributed by atoms with van der Waals surface area (Å²) in [4.78, 5) is 8.56. The molecule has 0 unspecified atom stereocenters. The molecule has 1 aliphatic rings. The molecule has 1 N–H and O–H groups in total. The van der Waals surface area contributed by atoms with Gasteiger partial charge in [-0.2, -0.15) is 0 Å². The van der Waals surface area contributed by atoms with Gasteiger partial charge >= 0.3 is 0 Å². The first kappa shape index (κ1) is 19.5. The number of piperazine rings is 1. The first-order valence-corrected chi connectivity index (χ1v) is 8.04. The number of hydrogen-bond acceptors (Lipinski definition) is 4. The first-order valence-electron chi connectivity index (χ1n) is 8.04. The van der Waals surface area contributed by atoms with Gasteiger partial charge in [0, 0.05) is 39.3 Å². The minimum Gasteiger partial charge on any atom is -0.366 e. The zero-order valence-electron chi connectivity index (χ0n) is 14.4. The molecule has 1 aliphatic heterocycles. The first-order chi connectivity index (χ1) is 11.7. The van der Waals surface area contributed by atoms with Crippen molar-refractivity contribution >= 4 is 35.6 Å². The van der Waals surface area contributed by atoms with Gasteiger partial charge in [0.15, 0.2) is 11.7 Å². The highest BCUT2D eigenvalue weighted by molar-refractivity contribution is 14.0. The Balaban J connectivity index is 0.00000225. The molecule has 0 radical (unpaired) electrons. The van der Waals surface area contributed by atoms with Crippen LogP contribution in [0.4, 0.5) is 10.1 Å². The molecule has 0 aliphatic carbocycles. The van der Waals surface area contributed by atoms with Crippen molar-refractivity contribution in [2.24, 2.45) is 4.99 Å². The lowest BCUT2D eigenvalue weighted by atomic mass is 10.2. The van der Waals surface area contributed by atoms with Gasteiger partial charge in [-0.05, 0) is 19.1 Å². The number of anilines is 1. The Morgan fingerprint density at radius 1 is 1.28 bits per heavy atom. The molecule has 0 bridgehead atoms. The van der Waals surface area contributed by atoms with Gasteiger partial charge in [0.2, 0.25) is 0 Å². The summed E-state index contributed by atoms with van der Waals surface area (Å²) in [5.41, 5.74) is 1.53. The van der Waals surface area contributed by atoms with Crippen molar-refractivity contribution in [1.29, 1.82) is 0 Å². The number of hydrogen-bond donors (Lipinski definition) is 1. The second-order valence-corrected chi connectivity index (χ2v) is 5.76. The zero-order chi connectivity index (χ0) is 16.9. The number of benzene rings is 1. The summed E-state index contributed by atoms with van der Waals surface area (Å²) in [5, 5.41) is 7.16. The van der Waals surface area contributed by atoms with E-state index in [2.05, 4.69) is 25.3 Å². The number of nitrogens with zero attached hydrogens (tertiary/aromatic N) is 4. The Bertz CT molecular complexity index is 713. The molecule has 25 heavy (non-hydrogen) atoms. The number of halogens is 2. The third-order valence-corrected chi connectivity index (χ3v) is 4.08. The predicted octanol–water partition coefficient (Wildman–Crippen LogP) is 2.64. The summed E-state index contributed by atoms with van der Waals surface area (Å²) in [6.07, 6.45) is 0. The van der Waals surface area contributed by atoms with Gasteiger partial charge in [-0.25, -0.2) is 4.39 Å². The van der Waals surface area contributed by atoms with Crippen molar-refractivity contribution in [3.8, 4) is 0 Å². The van der Waals surface area contributed by atoms with Crippen molar-refractivity contribution in [3.63, 3.8) is 0 Å². The molecular weight excluding hydrogens is 436 g/mol. The summed E-state index contributed by atoms with van der Waals surface area (Å²) in [7, 11) is 1.76. The molecule has 2 aromatic rings. The van der Waals surface area contributed by atoms with Crippen LogP contribution in [0.3, 0.4) is 0 Å². The average Bonchev–Trinajstić information content (AvgIpc) is 3.02. The predicted molar refractivity (Wildman–Crippen MR) is 107 cm³/mol. The van der Waals surface area contributed by atoms with E-state index in [9.17, 15) is 4.39 Å². The summed E-state index contributed by atoms with van der Waals surface area (Å²) in [5.74, 6) is 1.42. The maximum absolute atomic E-state index is 13.9. The topological polar surface area (TPSA) is 56.9 Å². The van der Waals surface area contributed by atoms with Crippen molar-refractivity contribution < 1.29 is 8.91 Å². The smallest absolute Gasteiger partial charge is 0.194 e. The molecule has 0 amide bonds. The van der Waals surface area contributed by atoms with Gasteiger partial charge in [0.1, 0.15) is 5.82 Å². The van der Waals surface area contributed by atoms with Gasteiger partial charge in [-0.15, -0.1) is 24.0 Å². The molecular formula is C17H23FIN5O. The lowest BCUT2D eigenvalue weighted by Crippen LogP contribution is -2.52. The van der Waals surface area contributed by atoms with Gasteiger partial charge in [0.25, 0.3) is 0 Å². The van der Waals surface area contributed by atoms with Gasteiger partial charge < -0.3 is 19.6 Å². The molecule has 8 heteroatoms. The number of aryl methyl sites for hydroxylation is 1. The number of aliphatic imine (C=N–C) groups is 1. The second-order valence-electron chi connectivity index (χ2n) is 5.76. The Labute approximate surface area is 164 Å². The van der Waals surface area contributed by atoms with Crippen LogP contribution < -0.4 is 10.2 Å². The monoisotopic (exact) mass is 459 g/mol. The molecule has 0 saturated carbocycles. The van der Waals surface area contributed by atoms with Crippen LogP contribution in [0.1, 0.15) is 11.5 Å². The zero-order valence-corrected chi connectivity index (χ0v) is 16.7. The molecule has 136 valence electrons. The van der Waals surface area contributed by atoms with Crippen LogP contribution in [-0.4, -0.2) is 49.2 Å². The normalized spacial score (nSPS) is 15.1. The van der Waals surface area contributed by atoms with Crippen molar-refractivity contribution in [2.75, 3.05) is 38.1 Å². The molecule has 1 aromatic carbocycles. The highest BCUT2D eigenvalue weighted by atomic mass is 127. The number of para-hydroxylation sites is 1. The van der Waals surface area contributed by atoms with E-state index in [1.165, 1.54) is 6.07 Å². The molecule has 6 nitrogen and oxygen atoms in total. The van der Waals surface area contributed by atoms with Crippen LogP contribution in [0, 0.1) is 12.7 Å². The number of aromatic nitrogens is 1. The van der Waals surface area contributed by atoms with E-state index in [0.717, 1.165) is 43.6 Å². The molecule has 1 saturated heterocycles. The summed E-state index contributed by atoms with van der Waals surface area (Å²) >= 11 is 0. The third kappa shape index (κ3) is 4.83. The molecule has 1 aromatic heterocycles. The van der Waals surface area contributed by atoms with Gasteiger partial charge in [0.05, 0.1) is 17.9 Å². The fourth-order valence-electron chi connectivity index (χ4n) is 2.87. The van der Waals surface area contributed by atoms with E-state index < -0.39 is 0 Å². The van der Waals surface area contributed by atoms with E-state index >= 15 is 0 Å². The van der Waals surface area contributed by atoms with Crippen LogP contribution in [0.5, 0.6) is 0 Å². The summed E-state index contributed by atoms with van der Waals surface area (Å²) in [6, 6.07) is 8.80. The highest BCUT2D eigenvalue weighted by Gasteiger charge is 2.21. The van der Waals surface area contributed by atoms with Crippen molar-refractivity contribution in [1.82, 2.24) is 15.4 Å². The lowest BCUT2D eigenvalue weighted by Gasteiger charge is -2.37. The number of guanidine groups is 1. The lowest BCUT2D eigenvalue weighted by molar-refractivity contribution is 0.356. The third-order valence-electron chi connectivity index (χ3n) is 4.08. The number of rotatable bonds is 3. The quantitative estimate of drug-likeness (QED) is 0.435. The van der Waals surface area contributed by atoms with E-state index in [4.69, 9.17) is 4.52 Å². The van der Waals surface area contributed by atoms with Crippen molar-refractivity contribution in [3.05, 3.63) is 47.6 Å². The summed E-state index contributed by atoms with van der Waals surface area (Å²) < 4.78 is 19.1. The largest absolute Gasteiger partial charge is 0.366 e. The van der Waals surface area contributed by atoms with Gasteiger partial charge in [-0.1, -0.05) is 17.3 Å². The molecule has 0 atom stereocenters. The Morgan fingerprint density at radius 3 is 2.60 bits per heavy atom. The number of nitrogens with one attached hydrogen (secondary N) is 1. The molecule has 0 spiro atoms.